The van der Waals surface area contributed by atoms with Gasteiger partial charge in [-0.05, 0) is 63.2 Å². The van der Waals surface area contributed by atoms with Gasteiger partial charge in [0.15, 0.2) is 4.96 Å². The van der Waals surface area contributed by atoms with Crippen LogP contribution in [0.25, 0.3) is 4.96 Å². The Kier molecular flexibility index (Phi) is 3.36. The van der Waals surface area contributed by atoms with Crippen molar-refractivity contribution in [2.24, 2.45) is 23.2 Å². The lowest BCUT2D eigenvalue weighted by Crippen LogP contribution is -2.50. The third-order valence-electron chi connectivity index (χ3n) is 6.36. The molecule has 0 amide bonds. The van der Waals surface area contributed by atoms with Gasteiger partial charge in [-0.25, -0.2) is 4.98 Å². The van der Waals surface area contributed by atoms with Crippen LogP contribution in [0.1, 0.15) is 49.1 Å². The summed E-state index contributed by atoms with van der Waals surface area (Å²) < 4.78 is 7.22. The molecular formula is C19H22N2O3S. The molecule has 0 N–H and O–H groups in total. The highest BCUT2D eigenvalue weighted by molar-refractivity contribution is 7.16. The number of carbonyl (C=O) groups excluding carboxylic acids is 1. The number of ether oxygens (including phenoxy) is 1. The molecule has 25 heavy (non-hydrogen) atoms. The zero-order valence-electron chi connectivity index (χ0n) is 14.4. The molecule has 4 fully saturated rings. The average molecular weight is 358 g/mol. The summed E-state index contributed by atoms with van der Waals surface area (Å²) in [4.78, 5) is 31.2. The first-order valence-electron chi connectivity index (χ1n) is 9.17. The number of fused-ring (bicyclic) bond motifs is 1. The van der Waals surface area contributed by atoms with Crippen molar-refractivity contribution in [3.8, 4) is 0 Å². The van der Waals surface area contributed by atoms with Crippen LogP contribution in [-0.2, 0) is 16.1 Å². The number of aryl methyl sites for hydroxylation is 1. The molecular weight excluding hydrogens is 336 g/mol. The summed E-state index contributed by atoms with van der Waals surface area (Å²) in [6, 6.07) is 1.48. The van der Waals surface area contributed by atoms with Gasteiger partial charge in [0.05, 0.1) is 11.1 Å². The van der Waals surface area contributed by atoms with E-state index in [0.717, 1.165) is 24.1 Å². The normalized spacial score (nSPS) is 33.1. The quantitative estimate of drug-likeness (QED) is 0.790. The lowest BCUT2D eigenvalue weighted by Gasteiger charge is -2.55. The molecule has 6 rings (SSSR count). The molecule has 6 heteroatoms. The molecule has 0 saturated heterocycles. The lowest BCUT2D eigenvalue weighted by atomic mass is 9.49. The fourth-order valence-electron chi connectivity index (χ4n) is 5.79. The first-order chi connectivity index (χ1) is 12.0. The number of nitrogens with zero attached hydrogens (tertiary/aromatic N) is 2. The van der Waals surface area contributed by atoms with Crippen LogP contribution >= 0.6 is 11.3 Å². The van der Waals surface area contributed by atoms with Crippen LogP contribution in [0.4, 0.5) is 0 Å². The van der Waals surface area contributed by atoms with Gasteiger partial charge in [-0.1, -0.05) is 0 Å². The monoisotopic (exact) mass is 358 g/mol. The smallest absolute Gasteiger partial charge is 0.312 e. The van der Waals surface area contributed by atoms with Crippen molar-refractivity contribution in [2.75, 3.05) is 0 Å². The van der Waals surface area contributed by atoms with Gasteiger partial charge in [0.25, 0.3) is 5.56 Å². The van der Waals surface area contributed by atoms with Gasteiger partial charge in [-0.2, -0.15) is 0 Å². The Morgan fingerprint density at radius 1 is 1.28 bits per heavy atom. The number of thiazole rings is 1. The minimum Gasteiger partial charge on any atom is -0.459 e. The van der Waals surface area contributed by atoms with Crippen LogP contribution in [0.5, 0.6) is 0 Å². The minimum atomic E-state index is -0.257. The van der Waals surface area contributed by atoms with Crippen molar-refractivity contribution in [3.63, 3.8) is 0 Å². The molecule has 0 radical (unpaired) electrons. The molecule has 132 valence electrons. The van der Waals surface area contributed by atoms with Crippen LogP contribution in [0.15, 0.2) is 17.1 Å². The second kappa shape index (κ2) is 5.40. The summed E-state index contributed by atoms with van der Waals surface area (Å²) in [5, 5.41) is 0. The van der Waals surface area contributed by atoms with Gasteiger partial charge in [-0.15, -0.1) is 11.3 Å². The predicted molar refractivity (Wildman–Crippen MR) is 94.5 cm³/mol. The fourth-order valence-corrected chi connectivity index (χ4v) is 6.64. The average Bonchev–Trinajstić information content (AvgIpc) is 2.92. The van der Waals surface area contributed by atoms with Crippen LogP contribution in [0.2, 0.25) is 0 Å². The van der Waals surface area contributed by atoms with Gasteiger partial charge in [-0.3, -0.25) is 14.0 Å². The van der Waals surface area contributed by atoms with Crippen molar-refractivity contribution < 1.29 is 9.53 Å². The molecule has 0 aromatic carbocycles. The molecule has 4 bridgehead atoms. The number of hydrogen-bond donors (Lipinski definition) is 0. The molecule has 0 spiro atoms. The van der Waals surface area contributed by atoms with Gasteiger partial charge >= 0.3 is 5.97 Å². The van der Waals surface area contributed by atoms with Gasteiger partial charge in [0.2, 0.25) is 0 Å². The van der Waals surface area contributed by atoms with E-state index in [4.69, 9.17) is 4.74 Å². The van der Waals surface area contributed by atoms with E-state index in [9.17, 15) is 9.59 Å². The largest absolute Gasteiger partial charge is 0.459 e. The topological polar surface area (TPSA) is 60.7 Å². The second-order valence-electron chi connectivity index (χ2n) is 8.35. The number of hydrogen-bond acceptors (Lipinski definition) is 5. The van der Waals surface area contributed by atoms with E-state index in [1.165, 1.54) is 36.7 Å². The summed E-state index contributed by atoms with van der Waals surface area (Å²) in [6.07, 6.45) is 8.70. The zero-order valence-corrected chi connectivity index (χ0v) is 15.2. The first kappa shape index (κ1) is 15.6. The Morgan fingerprint density at radius 3 is 2.56 bits per heavy atom. The van der Waals surface area contributed by atoms with Crippen molar-refractivity contribution in [1.29, 1.82) is 0 Å². The third-order valence-corrected chi connectivity index (χ3v) is 7.26. The SMILES string of the molecule is Cc1cn2c(=O)cc(COC(=O)C34CC5CC(CC(C5)C3)C4)nc2s1. The van der Waals surface area contributed by atoms with Crippen molar-refractivity contribution >= 4 is 22.3 Å². The third kappa shape index (κ3) is 2.53. The number of esters is 1. The van der Waals surface area contributed by atoms with E-state index in [0.29, 0.717) is 28.4 Å². The van der Waals surface area contributed by atoms with E-state index in [1.807, 2.05) is 6.92 Å². The van der Waals surface area contributed by atoms with Crippen LogP contribution in [0, 0.1) is 30.1 Å². The Morgan fingerprint density at radius 2 is 1.92 bits per heavy atom. The molecule has 4 aliphatic rings. The molecule has 5 nitrogen and oxygen atoms in total. The van der Waals surface area contributed by atoms with Crippen molar-refractivity contribution in [3.05, 3.63) is 33.2 Å². The fraction of sp³-hybridized carbons (Fsp3) is 0.632. The Bertz CT molecular complexity index is 878. The highest BCUT2D eigenvalue weighted by Gasteiger charge is 2.55. The number of aromatic nitrogens is 2. The van der Waals surface area contributed by atoms with Gasteiger partial charge in [0, 0.05) is 17.1 Å². The molecule has 0 atom stereocenters. The predicted octanol–water partition coefficient (Wildman–Crippen LogP) is 3.32. The van der Waals surface area contributed by atoms with Crippen molar-refractivity contribution in [2.45, 2.75) is 52.1 Å². The maximum Gasteiger partial charge on any atom is 0.312 e. The summed E-state index contributed by atoms with van der Waals surface area (Å²) in [7, 11) is 0. The Labute approximate surface area is 150 Å². The van der Waals surface area contributed by atoms with E-state index in [2.05, 4.69) is 4.98 Å². The highest BCUT2D eigenvalue weighted by atomic mass is 32.1. The maximum absolute atomic E-state index is 12.9. The number of rotatable bonds is 3. The van der Waals surface area contributed by atoms with E-state index in [1.54, 1.807) is 10.6 Å². The summed E-state index contributed by atoms with van der Waals surface area (Å²) >= 11 is 1.47. The first-order valence-corrected chi connectivity index (χ1v) is 9.98. The Balaban J connectivity index is 1.34. The zero-order chi connectivity index (χ0) is 17.2. The van der Waals surface area contributed by atoms with Crippen LogP contribution < -0.4 is 5.56 Å². The van der Waals surface area contributed by atoms with Crippen molar-refractivity contribution in [1.82, 2.24) is 9.38 Å². The van der Waals surface area contributed by atoms with Gasteiger partial charge in [0.1, 0.15) is 6.61 Å². The standard InChI is InChI=1S/C19H22N2O3S/c1-11-9-21-16(22)5-15(20-18(21)25-11)10-24-17(23)19-6-12-2-13(7-19)4-14(3-12)8-19/h5,9,12-14H,2-4,6-8,10H2,1H3. The van der Waals surface area contributed by atoms with E-state index >= 15 is 0 Å². The van der Waals surface area contributed by atoms with Gasteiger partial charge < -0.3 is 4.74 Å². The molecule has 4 aliphatic carbocycles. The van der Waals surface area contributed by atoms with E-state index in [-0.39, 0.29) is 23.6 Å². The molecule has 2 aromatic rings. The maximum atomic E-state index is 12.9. The van der Waals surface area contributed by atoms with E-state index < -0.39 is 0 Å². The molecule has 0 aliphatic heterocycles. The Hall–Kier alpha value is -1.69. The van der Waals surface area contributed by atoms with Crippen LogP contribution in [-0.4, -0.2) is 15.4 Å². The molecule has 4 saturated carbocycles. The summed E-state index contributed by atoms with van der Waals surface area (Å²) in [5.41, 5.74) is 0.174. The summed E-state index contributed by atoms with van der Waals surface area (Å²) in [6.45, 7) is 2.05. The summed E-state index contributed by atoms with van der Waals surface area (Å²) in [5.74, 6) is 2.09. The second-order valence-corrected chi connectivity index (χ2v) is 9.57. The molecule has 2 heterocycles. The van der Waals surface area contributed by atoms with Crippen LogP contribution in [0.3, 0.4) is 0 Å². The molecule has 2 aromatic heterocycles. The molecule has 0 unspecified atom stereocenters. The number of carbonyl (C=O) groups is 1. The highest BCUT2D eigenvalue weighted by Crippen LogP contribution is 2.60. The lowest BCUT2D eigenvalue weighted by molar-refractivity contribution is -0.173. The minimum absolute atomic E-state index is 0.0593.